The fourth-order valence-electron chi connectivity index (χ4n) is 3.41. The Morgan fingerprint density at radius 1 is 1.18 bits per heavy atom. The smallest absolute Gasteiger partial charge is 0.408 e. The molecule has 0 spiro atoms. The number of aromatic nitrogens is 7. The summed E-state index contributed by atoms with van der Waals surface area (Å²) in [7, 11) is 1.75. The van der Waals surface area contributed by atoms with Gasteiger partial charge in [0.05, 0.1) is 35.8 Å². The van der Waals surface area contributed by atoms with E-state index in [9.17, 15) is 13.2 Å². The molecule has 198 valence electrons. The van der Waals surface area contributed by atoms with E-state index in [1.165, 1.54) is 18.6 Å². The molecule has 0 amide bonds. The van der Waals surface area contributed by atoms with Gasteiger partial charge in [-0.25, -0.2) is 19.6 Å². The fraction of sp³-hybridized carbons (Fsp3) is 0.292. The summed E-state index contributed by atoms with van der Waals surface area (Å²) in [5.41, 5.74) is 7.89. The van der Waals surface area contributed by atoms with Gasteiger partial charge < -0.3 is 15.8 Å². The molecule has 14 heteroatoms. The molecule has 0 aromatic carbocycles. The lowest BCUT2D eigenvalue weighted by atomic mass is 10.2. The van der Waals surface area contributed by atoms with Crippen molar-refractivity contribution < 1.29 is 17.9 Å². The number of ether oxygens (including phenoxy) is 1. The first-order valence-corrected chi connectivity index (χ1v) is 11.7. The van der Waals surface area contributed by atoms with E-state index < -0.39 is 12.7 Å². The Morgan fingerprint density at radius 3 is 2.76 bits per heavy atom. The van der Waals surface area contributed by atoms with Crippen LogP contribution in [0.15, 0.2) is 43.1 Å². The van der Waals surface area contributed by atoms with Gasteiger partial charge in [0.2, 0.25) is 5.88 Å². The Morgan fingerprint density at radius 2 is 2.00 bits per heavy atom. The number of nitrogens with two attached hydrogens (primary N) is 1. The molecule has 4 aromatic rings. The Hall–Kier alpha value is -4.31. The van der Waals surface area contributed by atoms with Crippen LogP contribution in [0.1, 0.15) is 24.5 Å². The maximum atomic E-state index is 12.6. The summed E-state index contributed by atoms with van der Waals surface area (Å²) in [4.78, 5) is 12.5. The zero-order valence-electron chi connectivity index (χ0n) is 20.4. The van der Waals surface area contributed by atoms with Crippen LogP contribution >= 0.6 is 11.6 Å². The number of aryl methyl sites for hydroxylation is 1. The van der Waals surface area contributed by atoms with Crippen molar-refractivity contribution >= 4 is 23.1 Å². The van der Waals surface area contributed by atoms with Crippen LogP contribution in [0.5, 0.6) is 5.88 Å². The molecule has 0 unspecified atom stereocenters. The molecule has 0 radical (unpaired) electrons. The van der Waals surface area contributed by atoms with E-state index in [1.54, 1.807) is 36.3 Å². The van der Waals surface area contributed by atoms with E-state index in [0.717, 1.165) is 4.68 Å². The lowest BCUT2D eigenvalue weighted by Crippen LogP contribution is -2.19. The number of nitrogens with zero attached hydrogens (tertiary/aromatic N) is 7. The zero-order chi connectivity index (χ0) is 27.3. The van der Waals surface area contributed by atoms with Crippen LogP contribution < -0.4 is 15.8 Å². The average molecular weight is 546 g/mol. The Bertz CT molecular complexity index is 1470. The second-order valence-electron chi connectivity index (χ2n) is 8.32. The molecule has 0 aliphatic rings. The van der Waals surface area contributed by atoms with Crippen LogP contribution in [-0.2, 0) is 13.6 Å². The highest BCUT2D eigenvalue weighted by atomic mass is 35.5. The summed E-state index contributed by atoms with van der Waals surface area (Å²) < 4.78 is 46.1. The van der Waals surface area contributed by atoms with Gasteiger partial charge in [0.15, 0.2) is 5.82 Å². The van der Waals surface area contributed by atoms with Gasteiger partial charge >= 0.3 is 6.18 Å². The maximum Gasteiger partial charge on any atom is 0.408 e. The molecule has 4 aromatic heterocycles. The number of nitrogen functional groups attached to an aromatic ring is 1. The normalized spacial score (nSPS) is 12.1. The summed E-state index contributed by atoms with van der Waals surface area (Å²) in [6.07, 6.45) is 3.41. The first-order valence-electron chi connectivity index (χ1n) is 11.3. The van der Waals surface area contributed by atoms with Gasteiger partial charge in [0, 0.05) is 38.1 Å². The van der Waals surface area contributed by atoms with E-state index in [1.807, 2.05) is 6.92 Å². The van der Waals surface area contributed by atoms with Crippen molar-refractivity contribution in [2.75, 3.05) is 17.7 Å². The summed E-state index contributed by atoms with van der Waals surface area (Å²) >= 11 is 6.08. The standard InChI is InChI=1S/C24H23ClF3N9O/c1-15(6-8-38-23-18(12-32-36(23)2)22-30-7-5-21(29)35-22)34-19-9-20(25)31-11-17(19)4-3-16-10-33-37(13-16)14-24(26,27)28/h5,7,9-13,15H,6,8,14H2,1-2H3,(H,31,34)(H2,29,30,35)/t15-/m0/s1. The van der Waals surface area contributed by atoms with Crippen LogP contribution in [0.4, 0.5) is 24.7 Å². The third-order valence-electron chi connectivity index (χ3n) is 5.18. The molecule has 0 saturated heterocycles. The van der Waals surface area contributed by atoms with Crippen molar-refractivity contribution in [3.05, 3.63) is 59.4 Å². The van der Waals surface area contributed by atoms with Crippen molar-refractivity contribution in [2.24, 2.45) is 7.05 Å². The quantitative estimate of drug-likeness (QED) is 0.252. The molecule has 3 N–H and O–H groups in total. The van der Waals surface area contributed by atoms with Crippen molar-refractivity contribution in [2.45, 2.75) is 32.1 Å². The highest BCUT2D eigenvalue weighted by Crippen LogP contribution is 2.27. The van der Waals surface area contributed by atoms with Crippen molar-refractivity contribution in [3.63, 3.8) is 0 Å². The molecule has 0 aliphatic carbocycles. The van der Waals surface area contributed by atoms with E-state index in [-0.39, 0.29) is 11.2 Å². The van der Waals surface area contributed by atoms with Crippen LogP contribution in [0.2, 0.25) is 5.15 Å². The Kier molecular flexibility index (Phi) is 8.02. The second-order valence-corrected chi connectivity index (χ2v) is 8.71. The molecule has 4 rings (SSSR count). The van der Waals surface area contributed by atoms with Crippen molar-refractivity contribution in [3.8, 4) is 29.1 Å². The summed E-state index contributed by atoms with van der Waals surface area (Å²) in [5.74, 6) is 7.00. The number of alkyl halides is 3. The van der Waals surface area contributed by atoms with Gasteiger partial charge in [-0.15, -0.1) is 0 Å². The lowest BCUT2D eigenvalue weighted by Gasteiger charge is -2.17. The van der Waals surface area contributed by atoms with E-state index >= 15 is 0 Å². The van der Waals surface area contributed by atoms with Crippen molar-refractivity contribution in [1.82, 2.24) is 34.5 Å². The molecule has 4 heterocycles. The number of halogens is 4. The first-order chi connectivity index (χ1) is 18.1. The van der Waals surface area contributed by atoms with E-state index in [4.69, 9.17) is 22.1 Å². The molecule has 0 saturated carbocycles. The number of nitrogens with one attached hydrogen (secondary N) is 1. The van der Waals surface area contributed by atoms with Gasteiger partial charge in [-0.05, 0) is 19.1 Å². The summed E-state index contributed by atoms with van der Waals surface area (Å²) in [5, 5.41) is 11.5. The zero-order valence-corrected chi connectivity index (χ0v) is 21.1. The fourth-order valence-corrected chi connectivity index (χ4v) is 3.57. The summed E-state index contributed by atoms with van der Waals surface area (Å²) in [6, 6.07) is 3.16. The molecular weight excluding hydrogens is 523 g/mol. The molecule has 0 fully saturated rings. The SMILES string of the molecule is C[C@@H](CCOc1c(-c2nccc(N)n2)cnn1C)Nc1cc(Cl)ncc1C#Cc1cnn(CC(F)(F)F)c1. The topological polar surface area (TPSA) is 122 Å². The number of hydrogen-bond acceptors (Lipinski definition) is 8. The molecule has 0 aliphatic heterocycles. The first kappa shape index (κ1) is 26.7. The molecular formula is C24H23ClF3N9O. The average Bonchev–Trinajstić information content (AvgIpc) is 3.43. The number of anilines is 2. The molecule has 1 atom stereocenters. The van der Waals surface area contributed by atoms with Crippen LogP contribution in [0.25, 0.3) is 11.4 Å². The number of pyridine rings is 1. The molecule has 10 nitrogen and oxygen atoms in total. The largest absolute Gasteiger partial charge is 0.477 e. The van der Waals surface area contributed by atoms with Gasteiger partial charge in [0.25, 0.3) is 0 Å². The summed E-state index contributed by atoms with van der Waals surface area (Å²) in [6.45, 7) is 1.12. The maximum absolute atomic E-state index is 12.6. The predicted octanol–water partition coefficient (Wildman–Crippen LogP) is 3.94. The highest BCUT2D eigenvalue weighted by molar-refractivity contribution is 6.29. The van der Waals surface area contributed by atoms with E-state index in [2.05, 4.69) is 42.3 Å². The lowest BCUT2D eigenvalue weighted by molar-refractivity contribution is -0.142. The minimum absolute atomic E-state index is 0.0659. The minimum Gasteiger partial charge on any atom is -0.477 e. The monoisotopic (exact) mass is 545 g/mol. The Labute approximate surface area is 221 Å². The minimum atomic E-state index is -4.37. The van der Waals surface area contributed by atoms with Crippen molar-refractivity contribution in [1.29, 1.82) is 0 Å². The number of hydrogen-bond donors (Lipinski definition) is 2. The second kappa shape index (κ2) is 11.4. The predicted molar refractivity (Wildman–Crippen MR) is 135 cm³/mol. The van der Waals surface area contributed by atoms with Gasteiger partial charge in [-0.2, -0.15) is 23.4 Å². The molecule has 0 bridgehead atoms. The Balaban J connectivity index is 1.40. The third-order valence-corrected chi connectivity index (χ3v) is 5.39. The van der Waals surface area contributed by atoms with E-state index in [0.29, 0.717) is 52.9 Å². The van der Waals surface area contributed by atoms with Crippen LogP contribution in [0, 0.1) is 11.8 Å². The number of rotatable bonds is 8. The van der Waals surface area contributed by atoms with Gasteiger partial charge in [-0.3, -0.25) is 4.68 Å². The van der Waals surface area contributed by atoms with Gasteiger partial charge in [0.1, 0.15) is 23.1 Å². The van der Waals surface area contributed by atoms with Crippen LogP contribution in [-0.4, -0.2) is 53.3 Å². The third kappa shape index (κ3) is 7.13. The van der Waals surface area contributed by atoms with Crippen LogP contribution in [0.3, 0.4) is 0 Å². The van der Waals surface area contributed by atoms with Gasteiger partial charge in [-0.1, -0.05) is 23.4 Å². The highest BCUT2D eigenvalue weighted by Gasteiger charge is 2.28. The molecule has 38 heavy (non-hydrogen) atoms.